The predicted octanol–water partition coefficient (Wildman–Crippen LogP) is 4.09. The van der Waals surface area contributed by atoms with Crippen molar-refractivity contribution in [1.82, 2.24) is 4.90 Å². The maximum absolute atomic E-state index is 12.8. The minimum atomic E-state index is -0.411. The van der Waals surface area contributed by atoms with Gasteiger partial charge in [-0.05, 0) is 18.7 Å². The van der Waals surface area contributed by atoms with Crippen LogP contribution >= 0.6 is 11.8 Å². The summed E-state index contributed by atoms with van der Waals surface area (Å²) in [6.07, 6.45) is 1.79. The Morgan fingerprint density at radius 3 is 2.52 bits per heavy atom. The molecule has 8 heteroatoms. The number of anilines is 1. The number of nitrogens with one attached hydrogen (secondary N) is 1. The highest BCUT2D eigenvalue weighted by molar-refractivity contribution is 8.16. The molecule has 1 saturated heterocycles. The van der Waals surface area contributed by atoms with Crippen LogP contribution in [-0.2, 0) is 4.79 Å². The van der Waals surface area contributed by atoms with E-state index >= 15 is 0 Å². The number of hydrogen-bond donors (Lipinski definition) is 1. The number of methoxy groups -OCH3 is 2. The van der Waals surface area contributed by atoms with Crippen molar-refractivity contribution >= 4 is 34.1 Å². The lowest BCUT2D eigenvalue weighted by molar-refractivity contribution is -0.113. The molecule has 0 saturated carbocycles. The minimum absolute atomic E-state index is 0.136. The van der Waals surface area contributed by atoms with Gasteiger partial charge in [-0.1, -0.05) is 49.0 Å². The first-order chi connectivity index (χ1) is 16.1. The molecular formula is C25H30N4O3S. The van der Waals surface area contributed by atoms with Crippen molar-refractivity contribution in [1.29, 1.82) is 0 Å². The zero-order valence-corrected chi connectivity index (χ0v) is 20.2. The van der Waals surface area contributed by atoms with E-state index in [4.69, 9.17) is 19.5 Å². The maximum atomic E-state index is 12.8. The lowest BCUT2D eigenvalue weighted by Gasteiger charge is -2.34. The Kier molecular flexibility index (Phi) is 7.35. The quantitative estimate of drug-likeness (QED) is 0.665. The van der Waals surface area contributed by atoms with Crippen molar-refractivity contribution in [3.05, 3.63) is 54.1 Å². The van der Waals surface area contributed by atoms with Crippen LogP contribution in [0.2, 0.25) is 0 Å². The molecule has 0 unspecified atom stereocenters. The highest BCUT2D eigenvalue weighted by atomic mass is 32.2. The van der Waals surface area contributed by atoms with Crippen LogP contribution in [0.4, 0.5) is 5.69 Å². The molecule has 0 bridgehead atoms. The first kappa shape index (κ1) is 23.3. The number of nitrogens with zero attached hydrogens (tertiary/aromatic N) is 3. The van der Waals surface area contributed by atoms with E-state index in [1.165, 1.54) is 11.8 Å². The van der Waals surface area contributed by atoms with Gasteiger partial charge in [0, 0.05) is 37.6 Å². The van der Waals surface area contributed by atoms with Gasteiger partial charge < -0.3 is 19.7 Å². The molecule has 1 amide bonds. The van der Waals surface area contributed by atoms with Crippen LogP contribution in [-0.4, -0.2) is 66.8 Å². The van der Waals surface area contributed by atoms with Crippen molar-refractivity contribution in [3.63, 3.8) is 0 Å². The van der Waals surface area contributed by atoms with Gasteiger partial charge in [-0.15, -0.1) is 0 Å². The highest BCUT2D eigenvalue weighted by Gasteiger charge is 2.39. The monoisotopic (exact) mass is 466 g/mol. The summed E-state index contributed by atoms with van der Waals surface area (Å²) in [6, 6.07) is 15.4. The van der Waals surface area contributed by atoms with Gasteiger partial charge in [-0.25, -0.2) is 4.99 Å². The molecule has 0 atom stereocenters. The number of carbonyl (C=O) groups excluding carboxylic acids is 1. The fourth-order valence-electron chi connectivity index (χ4n) is 4.09. The van der Waals surface area contributed by atoms with Crippen LogP contribution in [0.1, 0.15) is 25.3 Å². The summed E-state index contributed by atoms with van der Waals surface area (Å²) in [5, 5.41) is 3.77. The second-order valence-electron chi connectivity index (χ2n) is 8.06. The Bertz CT molecular complexity index is 1050. The van der Waals surface area contributed by atoms with E-state index in [-0.39, 0.29) is 11.7 Å². The molecule has 0 aromatic heterocycles. The van der Waals surface area contributed by atoms with Crippen LogP contribution in [0.5, 0.6) is 11.5 Å². The fourth-order valence-corrected chi connectivity index (χ4v) is 4.97. The molecule has 174 valence electrons. The zero-order chi connectivity index (χ0) is 23.3. The number of benzene rings is 2. The Hall–Kier alpha value is -2.84. The average molecular weight is 467 g/mol. The smallest absolute Gasteiger partial charge is 0.234 e. The number of piperidine rings is 1. The molecule has 2 heterocycles. The average Bonchev–Trinajstić information content (AvgIpc) is 3.21. The molecule has 2 aromatic carbocycles. The molecule has 1 fully saturated rings. The largest absolute Gasteiger partial charge is 0.497 e. The van der Waals surface area contributed by atoms with Crippen molar-refractivity contribution in [2.24, 2.45) is 9.98 Å². The van der Waals surface area contributed by atoms with Gasteiger partial charge in [0.1, 0.15) is 16.5 Å². The number of ether oxygens (including phenoxy) is 2. The molecular weight excluding hydrogens is 436 g/mol. The topological polar surface area (TPSA) is 75.5 Å². The van der Waals surface area contributed by atoms with Crippen LogP contribution in [0.25, 0.3) is 0 Å². The number of thioether (sulfide) groups is 1. The summed E-state index contributed by atoms with van der Waals surface area (Å²) in [6.45, 7) is 5.20. The molecule has 1 N–H and O–H groups in total. The van der Waals surface area contributed by atoms with Crippen LogP contribution in [0.15, 0.2) is 58.5 Å². The molecule has 0 radical (unpaired) electrons. The molecule has 4 rings (SSSR count). The van der Waals surface area contributed by atoms with Crippen molar-refractivity contribution < 1.29 is 14.3 Å². The van der Waals surface area contributed by atoms with Crippen molar-refractivity contribution in [3.8, 4) is 11.5 Å². The molecule has 33 heavy (non-hydrogen) atoms. The summed E-state index contributed by atoms with van der Waals surface area (Å²) in [4.78, 5) is 25.4. The predicted molar refractivity (Wildman–Crippen MR) is 135 cm³/mol. The van der Waals surface area contributed by atoms with Gasteiger partial charge >= 0.3 is 0 Å². The molecule has 1 spiro atoms. The highest BCUT2D eigenvalue weighted by Crippen LogP contribution is 2.36. The van der Waals surface area contributed by atoms with E-state index in [9.17, 15) is 4.79 Å². The standard InChI is InChI=1S/C25H30N4O3S/c1-4-29-14-12-25(13-15-29)27-23(18-8-6-5-7-9-18)24(28-25)33-17-22(30)26-20-16-19(31-2)10-11-21(20)32-3/h5-11,16H,4,12-15,17H2,1-3H3,(H,26,30). The van der Waals surface area contributed by atoms with Crippen LogP contribution in [0.3, 0.4) is 0 Å². The molecule has 2 aliphatic rings. The van der Waals surface area contributed by atoms with Gasteiger partial charge in [0.25, 0.3) is 0 Å². The van der Waals surface area contributed by atoms with Crippen molar-refractivity contribution in [2.75, 3.05) is 44.9 Å². The van der Waals surface area contributed by atoms with E-state index in [1.807, 2.05) is 18.2 Å². The number of hydrogen-bond acceptors (Lipinski definition) is 7. The van der Waals surface area contributed by atoms with E-state index < -0.39 is 5.66 Å². The number of aliphatic imine (C=N–C) groups is 2. The Morgan fingerprint density at radius 1 is 1.09 bits per heavy atom. The molecule has 0 aliphatic carbocycles. The van der Waals surface area contributed by atoms with Gasteiger partial charge in [0.15, 0.2) is 5.66 Å². The summed E-state index contributed by atoms with van der Waals surface area (Å²) in [7, 11) is 3.16. The third-order valence-electron chi connectivity index (χ3n) is 6.00. The first-order valence-corrected chi connectivity index (χ1v) is 12.2. The van der Waals surface area contributed by atoms with Gasteiger partial charge in [-0.2, -0.15) is 0 Å². The molecule has 2 aromatic rings. The van der Waals surface area contributed by atoms with Crippen molar-refractivity contribution in [2.45, 2.75) is 25.4 Å². The van der Waals surface area contributed by atoms with E-state index in [1.54, 1.807) is 32.4 Å². The maximum Gasteiger partial charge on any atom is 0.234 e. The second kappa shape index (κ2) is 10.4. The third kappa shape index (κ3) is 5.39. The van der Waals surface area contributed by atoms with E-state index in [0.29, 0.717) is 17.2 Å². The van der Waals surface area contributed by atoms with Gasteiger partial charge in [-0.3, -0.25) is 9.79 Å². The molecule has 2 aliphatic heterocycles. The van der Waals surface area contributed by atoms with E-state index in [0.717, 1.165) is 48.8 Å². The lowest BCUT2D eigenvalue weighted by Crippen LogP contribution is -2.41. The van der Waals surface area contributed by atoms with Crippen LogP contribution in [0, 0.1) is 0 Å². The summed E-state index contributed by atoms with van der Waals surface area (Å²) < 4.78 is 10.6. The first-order valence-electron chi connectivity index (χ1n) is 11.2. The zero-order valence-electron chi connectivity index (χ0n) is 19.3. The third-order valence-corrected chi connectivity index (χ3v) is 6.97. The minimum Gasteiger partial charge on any atom is -0.497 e. The summed E-state index contributed by atoms with van der Waals surface area (Å²) in [5.41, 5.74) is 2.09. The Morgan fingerprint density at radius 2 is 1.85 bits per heavy atom. The number of carbonyl (C=O) groups is 1. The Balaban J connectivity index is 1.49. The Labute approximate surface area is 199 Å². The van der Waals surface area contributed by atoms with Crippen LogP contribution < -0.4 is 14.8 Å². The lowest BCUT2D eigenvalue weighted by atomic mass is 9.98. The second-order valence-corrected chi connectivity index (χ2v) is 9.03. The number of rotatable bonds is 7. The van der Waals surface area contributed by atoms with Gasteiger partial charge in [0.05, 0.1) is 31.4 Å². The SMILES string of the molecule is CCN1CCC2(CC1)N=C(SCC(=O)Nc1cc(OC)ccc1OC)C(c1ccccc1)=N2. The van der Waals surface area contributed by atoms with Gasteiger partial charge in [0.2, 0.25) is 5.91 Å². The molecule has 7 nitrogen and oxygen atoms in total. The summed E-state index contributed by atoms with van der Waals surface area (Å²) >= 11 is 1.43. The summed E-state index contributed by atoms with van der Waals surface area (Å²) in [5.74, 6) is 1.32. The number of amides is 1. The van der Waals surface area contributed by atoms with E-state index in [2.05, 4.69) is 29.3 Å². The normalized spacial score (nSPS) is 17.4. The number of likely N-dealkylation sites (tertiary alicyclic amines) is 1. The fraction of sp³-hybridized carbons (Fsp3) is 0.400.